The molecule has 1 unspecified atom stereocenters. The standard InChI is InChI=1S/C12H14N2O3S/c1-10-8-14(18(15,16)9-10)11-4-2-3-5-12(11)17-7-6-13/h2-5,10H,7-9H2,1H3. The van der Waals surface area contributed by atoms with E-state index >= 15 is 0 Å². The summed E-state index contributed by atoms with van der Waals surface area (Å²) < 4.78 is 30.6. The third-order valence-electron chi connectivity index (χ3n) is 2.73. The number of nitrogens with zero attached hydrogens (tertiary/aromatic N) is 2. The molecule has 0 N–H and O–H groups in total. The highest BCUT2D eigenvalue weighted by molar-refractivity contribution is 7.93. The van der Waals surface area contributed by atoms with Crippen LogP contribution in [0.2, 0.25) is 0 Å². The molecule has 1 aromatic carbocycles. The van der Waals surface area contributed by atoms with Crippen molar-refractivity contribution in [2.24, 2.45) is 5.92 Å². The van der Waals surface area contributed by atoms with Crippen molar-refractivity contribution in [1.82, 2.24) is 0 Å². The van der Waals surface area contributed by atoms with Crippen molar-refractivity contribution in [2.75, 3.05) is 23.2 Å². The van der Waals surface area contributed by atoms with E-state index in [0.717, 1.165) is 0 Å². The fourth-order valence-corrected chi connectivity index (χ4v) is 3.98. The maximum atomic E-state index is 12.0. The van der Waals surface area contributed by atoms with Crippen molar-refractivity contribution in [1.29, 1.82) is 5.26 Å². The minimum Gasteiger partial charge on any atom is -0.477 e. The molecule has 0 radical (unpaired) electrons. The highest BCUT2D eigenvalue weighted by Crippen LogP contribution is 2.34. The quantitative estimate of drug-likeness (QED) is 0.828. The Kier molecular flexibility index (Phi) is 3.43. The Morgan fingerprint density at radius 3 is 2.83 bits per heavy atom. The van der Waals surface area contributed by atoms with Crippen LogP contribution in [0.5, 0.6) is 5.75 Å². The number of hydrogen-bond donors (Lipinski definition) is 0. The molecule has 0 spiro atoms. The first-order valence-corrected chi connectivity index (χ1v) is 7.24. The topological polar surface area (TPSA) is 70.4 Å². The first-order chi connectivity index (χ1) is 8.54. The first kappa shape index (κ1) is 12.7. The Morgan fingerprint density at radius 1 is 1.50 bits per heavy atom. The first-order valence-electron chi connectivity index (χ1n) is 5.64. The molecule has 0 amide bonds. The minimum absolute atomic E-state index is 0.0963. The number of hydrogen-bond acceptors (Lipinski definition) is 4. The molecule has 2 rings (SSSR count). The Balaban J connectivity index is 2.37. The highest BCUT2D eigenvalue weighted by Gasteiger charge is 2.35. The Hall–Kier alpha value is -1.74. The number of rotatable bonds is 3. The van der Waals surface area contributed by atoms with Gasteiger partial charge in [-0.2, -0.15) is 5.26 Å². The molecule has 6 heteroatoms. The third kappa shape index (κ3) is 2.41. The van der Waals surface area contributed by atoms with Gasteiger partial charge in [0, 0.05) is 6.54 Å². The Labute approximate surface area is 107 Å². The van der Waals surface area contributed by atoms with E-state index in [0.29, 0.717) is 18.0 Å². The van der Waals surface area contributed by atoms with Crippen LogP contribution in [-0.4, -0.2) is 27.3 Å². The van der Waals surface area contributed by atoms with Crippen molar-refractivity contribution < 1.29 is 13.2 Å². The average molecular weight is 266 g/mol. The number of para-hydroxylation sites is 2. The van der Waals surface area contributed by atoms with Crippen molar-refractivity contribution in [3.63, 3.8) is 0 Å². The number of ether oxygens (including phenoxy) is 1. The van der Waals surface area contributed by atoms with Gasteiger partial charge in [0.15, 0.2) is 6.61 Å². The maximum absolute atomic E-state index is 12.0. The molecule has 1 heterocycles. The molecule has 1 fully saturated rings. The van der Waals surface area contributed by atoms with Gasteiger partial charge in [0.25, 0.3) is 0 Å². The lowest BCUT2D eigenvalue weighted by molar-refractivity contribution is 0.369. The van der Waals surface area contributed by atoms with Crippen molar-refractivity contribution in [3.05, 3.63) is 24.3 Å². The van der Waals surface area contributed by atoms with E-state index in [1.165, 1.54) is 4.31 Å². The molecule has 1 saturated heterocycles. The molecule has 0 bridgehead atoms. The predicted molar refractivity (Wildman–Crippen MR) is 67.8 cm³/mol. The molecule has 96 valence electrons. The van der Waals surface area contributed by atoms with E-state index in [1.54, 1.807) is 24.3 Å². The Bertz CT molecular complexity index is 577. The summed E-state index contributed by atoms with van der Waals surface area (Å²) >= 11 is 0. The average Bonchev–Trinajstić information content (AvgIpc) is 2.60. The van der Waals surface area contributed by atoms with Gasteiger partial charge in [-0.1, -0.05) is 19.1 Å². The lowest BCUT2D eigenvalue weighted by Crippen LogP contribution is -2.25. The molecular formula is C12H14N2O3S. The lowest BCUT2D eigenvalue weighted by atomic mass is 10.2. The zero-order valence-corrected chi connectivity index (χ0v) is 10.9. The molecule has 1 aromatic rings. The van der Waals surface area contributed by atoms with Crippen LogP contribution in [-0.2, 0) is 10.0 Å². The highest BCUT2D eigenvalue weighted by atomic mass is 32.2. The van der Waals surface area contributed by atoms with E-state index < -0.39 is 10.0 Å². The lowest BCUT2D eigenvalue weighted by Gasteiger charge is -2.19. The molecule has 1 atom stereocenters. The van der Waals surface area contributed by atoms with Crippen LogP contribution in [0, 0.1) is 17.2 Å². The number of sulfonamides is 1. The largest absolute Gasteiger partial charge is 0.477 e. The van der Waals surface area contributed by atoms with Gasteiger partial charge in [0.1, 0.15) is 11.8 Å². The van der Waals surface area contributed by atoms with Crippen LogP contribution in [0.1, 0.15) is 6.92 Å². The van der Waals surface area contributed by atoms with E-state index in [-0.39, 0.29) is 18.3 Å². The molecule has 0 aliphatic carbocycles. The van der Waals surface area contributed by atoms with Gasteiger partial charge in [0.05, 0.1) is 11.4 Å². The van der Waals surface area contributed by atoms with Crippen molar-refractivity contribution >= 4 is 15.7 Å². The molecule has 0 aromatic heterocycles. The van der Waals surface area contributed by atoms with Gasteiger partial charge in [-0.05, 0) is 18.1 Å². The number of benzene rings is 1. The predicted octanol–water partition coefficient (Wildman–Crippen LogP) is 1.37. The van der Waals surface area contributed by atoms with Gasteiger partial charge in [-0.15, -0.1) is 0 Å². The maximum Gasteiger partial charge on any atom is 0.235 e. The van der Waals surface area contributed by atoms with Gasteiger partial charge >= 0.3 is 0 Å². The van der Waals surface area contributed by atoms with Crippen LogP contribution in [0.3, 0.4) is 0 Å². The van der Waals surface area contributed by atoms with E-state index in [4.69, 9.17) is 10.00 Å². The third-order valence-corrected chi connectivity index (χ3v) is 4.74. The number of nitriles is 1. The van der Waals surface area contributed by atoms with Gasteiger partial charge < -0.3 is 4.74 Å². The summed E-state index contributed by atoms with van der Waals surface area (Å²) in [6, 6.07) is 8.75. The minimum atomic E-state index is -3.27. The SMILES string of the molecule is CC1CN(c2ccccc2OCC#N)S(=O)(=O)C1. The second-order valence-electron chi connectivity index (χ2n) is 4.33. The van der Waals surface area contributed by atoms with Gasteiger partial charge in [-0.3, -0.25) is 4.31 Å². The van der Waals surface area contributed by atoms with Gasteiger partial charge in [0.2, 0.25) is 10.0 Å². The fraction of sp³-hybridized carbons (Fsp3) is 0.417. The summed E-state index contributed by atoms with van der Waals surface area (Å²) in [5.41, 5.74) is 0.511. The Morgan fingerprint density at radius 2 is 2.22 bits per heavy atom. The van der Waals surface area contributed by atoms with E-state index in [1.807, 2.05) is 13.0 Å². The molecular weight excluding hydrogens is 252 g/mol. The summed E-state index contributed by atoms with van der Waals surface area (Å²) in [4.78, 5) is 0. The fourth-order valence-electron chi connectivity index (χ4n) is 2.04. The molecule has 1 aliphatic rings. The summed E-state index contributed by atoms with van der Waals surface area (Å²) in [7, 11) is -3.27. The summed E-state index contributed by atoms with van der Waals surface area (Å²) in [6.45, 7) is 2.26. The zero-order chi connectivity index (χ0) is 13.2. The normalized spacial score (nSPS) is 21.6. The van der Waals surface area contributed by atoms with Crippen LogP contribution in [0.4, 0.5) is 5.69 Å². The van der Waals surface area contributed by atoms with Crippen LogP contribution in [0.15, 0.2) is 24.3 Å². The molecule has 1 aliphatic heterocycles. The van der Waals surface area contributed by atoms with Crippen LogP contribution < -0.4 is 9.04 Å². The van der Waals surface area contributed by atoms with Gasteiger partial charge in [-0.25, -0.2) is 8.42 Å². The zero-order valence-electron chi connectivity index (χ0n) is 10.0. The number of anilines is 1. The second-order valence-corrected chi connectivity index (χ2v) is 6.27. The van der Waals surface area contributed by atoms with Crippen molar-refractivity contribution in [3.8, 4) is 11.8 Å². The second kappa shape index (κ2) is 4.86. The van der Waals surface area contributed by atoms with Crippen LogP contribution in [0.25, 0.3) is 0 Å². The van der Waals surface area contributed by atoms with Crippen LogP contribution >= 0.6 is 0 Å². The summed E-state index contributed by atoms with van der Waals surface area (Å²) in [5.74, 6) is 0.676. The van der Waals surface area contributed by atoms with Crippen molar-refractivity contribution in [2.45, 2.75) is 6.92 Å². The van der Waals surface area contributed by atoms with E-state index in [9.17, 15) is 8.42 Å². The molecule has 18 heavy (non-hydrogen) atoms. The summed E-state index contributed by atoms with van der Waals surface area (Å²) in [5, 5.41) is 8.52. The molecule has 5 nitrogen and oxygen atoms in total. The smallest absolute Gasteiger partial charge is 0.235 e. The molecule has 0 saturated carbocycles. The monoisotopic (exact) mass is 266 g/mol. The van der Waals surface area contributed by atoms with E-state index in [2.05, 4.69) is 0 Å². The summed E-state index contributed by atoms with van der Waals surface area (Å²) in [6.07, 6.45) is 0.